The summed E-state index contributed by atoms with van der Waals surface area (Å²) in [7, 11) is 1.49. The van der Waals surface area contributed by atoms with E-state index in [0.717, 1.165) is 6.08 Å². The second-order valence-electron chi connectivity index (χ2n) is 3.21. The van der Waals surface area contributed by atoms with Gasteiger partial charge in [-0.2, -0.15) is 13.2 Å². The molecule has 0 saturated carbocycles. The first-order chi connectivity index (χ1) is 7.97. The first kappa shape index (κ1) is 13.4. The zero-order valence-corrected chi connectivity index (χ0v) is 9.54. The lowest BCUT2D eigenvalue weighted by atomic mass is 10.2. The third-order valence-corrected chi connectivity index (χ3v) is 1.99. The van der Waals surface area contributed by atoms with Crippen molar-refractivity contribution in [1.82, 2.24) is 0 Å². The molecule has 0 amide bonds. The maximum Gasteiger partial charge on any atom is 0.448 e. The van der Waals surface area contributed by atoms with E-state index in [1.807, 2.05) is 0 Å². The van der Waals surface area contributed by atoms with Crippen LogP contribution in [0.25, 0.3) is 6.08 Å². The maximum absolute atomic E-state index is 12.5. The summed E-state index contributed by atoms with van der Waals surface area (Å²) in [4.78, 5) is 0. The summed E-state index contributed by atoms with van der Waals surface area (Å²) in [6.45, 7) is 1.48. The summed E-state index contributed by atoms with van der Waals surface area (Å²) in [6, 6.07) is 6.24. The molecule has 0 aliphatic carbocycles. The van der Waals surface area contributed by atoms with Crippen LogP contribution in [0, 0.1) is 0 Å². The van der Waals surface area contributed by atoms with E-state index in [0.29, 0.717) is 11.3 Å². The Kier molecular flexibility index (Phi) is 4.43. The summed E-state index contributed by atoms with van der Waals surface area (Å²) < 4.78 is 47.0. The van der Waals surface area contributed by atoms with E-state index in [2.05, 4.69) is 4.74 Å². The lowest BCUT2D eigenvalue weighted by Gasteiger charge is -2.12. The summed E-state index contributed by atoms with van der Waals surface area (Å²) in [5.74, 6) is -0.405. The number of allylic oxidation sites excluding steroid dienone is 1. The highest BCUT2D eigenvalue weighted by atomic mass is 19.4. The number of methoxy groups -OCH3 is 1. The molecule has 0 fully saturated rings. The summed E-state index contributed by atoms with van der Waals surface area (Å²) in [5, 5.41) is 0. The molecule has 1 aromatic carbocycles. The van der Waals surface area contributed by atoms with E-state index in [9.17, 15) is 13.2 Å². The Morgan fingerprint density at radius 2 is 1.82 bits per heavy atom. The minimum atomic E-state index is -4.48. The Hall–Kier alpha value is -1.65. The van der Waals surface area contributed by atoms with Gasteiger partial charge < -0.3 is 9.47 Å². The predicted octanol–water partition coefficient (Wildman–Crippen LogP) is 3.63. The van der Waals surface area contributed by atoms with E-state index < -0.39 is 11.9 Å². The molecule has 0 bridgehead atoms. The molecule has 2 nitrogen and oxygen atoms in total. The fourth-order valence-electron chi connectivity index (χ4n) is 1.21. The fourth-order valence-corrected chi connectivity index (χ4v) is 1.21. The van der Waals surface area contributed by atoms with Crippen LogP contribution < -0.4 is 4.74 Å². The standard InChI is InChI=1S/C12H13F3O2/c1-3-17-11(12(13,14)15)8-9-4-6-10(16-2)7-5-9/h4-8H,3H2,1-2H3/b11-8+. The Labute approximate surface area is 97.7 Å². The van der Waals surface area contributed by atoms with Crippen molar-refractivity contribution < 1.29 is 22.6 Å². The first-order valence-corrected chi connectivity index (χ1v) is 5.03. The molecule has 5 heteroatoms. The van der Waals surface area contributed by atoms with Gasteiger partial charge >= 0.3 is 6.18 Å². The van der Waals surface area contributed by atoms with Crippen molar-refractivity contribution in [3.05, 3.63) is 35.6 Å². The molecule has 94 valence electrons. The predicted molar refractivity (Wildman–Crippen MR) is 58.7 cm³/mol. The largest absolute Gasteiger partial charge is 0.497 e. The SMILES string of the molecule is CCO/C(=C/c1ccc(OC)cc1)C(F)(F)F. The highest BCUT2D eigenvalue weighted by Gasteiger charge is 2.35. The van der Waals surface area contributed by atoms with Gasteiger partial charge in [0.2, 0.25) is 5.76 Å². The van der Waals surface area contributed by atoms with Gasteiger partial charge in [-0.1, -0.05) is 12.1 Å². The number of ether oxygens (including phenoxy) is 2. The summed E-state index contributed by atoms with van der Waals surface area (Å²) >= 11 is 0. The van der Waals surface area contributed by atoms with Crippen molar-refractivity contribution in [2.75, 3.05) is 13.7 Å². The number of rotatable bonds is 4. The highest BCUT2D eigenvalue weighted by Crippen LogP contribution is 2.28. The molecule has 17 heavy (non-hydrogen) atoms. The number of alkyl halides is 3. The molecule has 0 saturated heterocycles. The molecule has 0 aliphatic rings. The third kappa shape index (κ3) is 4.01. The van der Waals surface area contributed by atoms with Crippen molar-refractivity contribution in [2.45, 2.75) is 13.1 Å². The molecule has 0 atom stereocenters. The molecule has 0 radical (unpaired) electrons. The molecule has 0 unspecified atom stereocenters. The van der Waals surface area contributed by atoms with Gasteiger partial charge in [0.1, 0.15) is 5.75 Å². The van der Waals surface area contributed by atoms with E-state index in [1.54, 1.807) is 12.1 Å². The minimum absolute atomic E-state index is 0.0263. The second-order valence-corrected chi connectivity index (χ2v) is 3.21. The highest BCUT2D eigenvalue weighted by molar-refractivity contribution is 5.53. The van der Waals surface area contributed by atoms with Crippen LogP contribution in [0.5, 0.6) is 5.75 Å². The lowest BCUT2D eigenvalue weighted by Crippen LogP contribution is -2.14. The Balaban J connectivity index is 2.96. The van der Waals surface area contributed by atoms with Crippen molar-refractivity contribution >= 4 is 6.08 Å². The summed E-state index contributed by atoms with van der Waals surface area (Å²) in [6.07, 6.45) is -3.52. The molecule has 0 spiro atoms. The fraction of sp³-hybridized carbons (Fsp3) is 0.333. The zero-order valence-electron chi connectivity index (χ0n) is 9.54. The molecular formula is C12H13F3O2. The second kappa shape index (κ2) is 5.61. The van der Waals surface area contributed by atoms with Crippen LogP contribution in [0.15, 0.2) is 30.0 Å². The monoisotopic (exact) mass is 246 g/mol. The Bertz CT molecular complexity index is 380. The van der Waals surface area contributed by atoms with Gasteiger partial charge in [-0.15, -0.1) is 0 Å². The topological polar surface area (TPSA) is 18.5 Å². The van der Waals surface area contributed by atoms with Crippen molar-refractivity contribution in [3.8, 4) is 5.75 Å². The van der Waals surface area contributed by atoms with Gasteiger partial charge in [0.05, 0.1) is 13.7 Å². The normalized spacial score (nSPS) is 12.4. The van der Waals surface area contributed by atoms with Gasteiger partial charge in [0, 0.05) is 0 Å². The average molecular weight is 246 g/mol. The van der Waals surface area contributed by atoms with Crippen LogP contribution in [0.4, 0.5) is 13.2 Å². The molecular weight excluding hydrogens is 233 g/mol. The molecule has 0 aliphatic heterocycles. The first-order valence-electron chi connectivity index (χ1n) is 5.03. The van der Waals surface area contributed by atoms with Gasteiger partial charge in [-0.25, -0.2) is 0 Å². The maximum atomic E-state index is 12.5. The summed E-state index contributed by atoms with van der Waals surface area (Å²) in [5.41, 5.74) is 0.409. The van der Waals surface area contributed by atoms with Crippen LogP contribution in [-0.4, -0.2) is 19.9 Å². The smallest absolute Gasteiger partial charge is 0.448 e. The number of benzene rings is 1. The van der Waals surface area contributed by atoms with Crippen molar-refractivity contribution in [3.63, 3.8) is 0 Å². The Morgan fingerprint density at radius 3 is 2.24 bits per heavy atom. The average Bonchev–Trinajstić information content (AvgIpc) is 2.28. The van der Waals surface area contributed by atoms with Gasteiger partial charge in [0.25, 0.3) is 0 Å². The number of halogens is 3. The zero-order chi connectivity index (χ0) is 12.9. The van der Waals surface area contributed by atoms with E-state index >= 15 is 0 Å². The van der Waals surface area contributed by atoms with Crippen molar-refractivity contribution in [1.29, 1.82) is 0 Å². The Morgan fingerprint density at radius 1 is 1.24 bits per heavy atom. The van der Waals surface area contributed by atoms with E-state index in [1.165, 1.54) is 26.2 Å². The molecule has 0 N–H and O–H groups in total. The van der Waals surface area contributed by atoms with Gasteiger partial charge in [-0.05, 0) is 30.7 Å². The third-order valence-electron chi connectivity index (χ3n) is 1.99. The van der Waals surface area contributed by atoms with Crippen LogP contribution in [0.3, 0.4) is 0 Å². The molecule has 0 aromatic heterocycles. The van der Waals surface area contributed by atoms with E-state index in [-0.39, 0.29) is 6.61 Å². The lowest BCUT2D eigenvalue weighted by molar-refractivity contribution is -0.128. The van der Waals surface area contributed by atoms with Crippen LogP contribution in [0.2, 0.25) is 0 Å². The number of hydrogen-bond donors (Lipinski definition) is 0. The van der Waals surface area contributed by atoms with Crippen molar-refractivity contribution in [2.24, 2.45) is 0 Å². The van der Waals surface area contributed by atoms with Crippen LogP contribution >= 0.6 is 0 Å². The number of hydrogen-bond acceptors (Lipinski definition) is 2. The quantitative estimate of drug-likeness (QED) is 0.755. The van der Waals surface area contributed by atoms with Gasteiger partial charge in [-0.3, -0.25) is 0 Å². The van der Waals surface area contributed by atoms with Crippen LogP contribution in [0.1, 0.15) is 12.5 Å². The molecule has 0 heterocycles. The molecule has 1 rings (SSSR count). The van der Waals surface area contributed by atoms with E-state index in [4.69, 9.17) is 4.74 Å². The van der Waals surface area contributed by atoms with Gasteiger partial charge in [0.15, 0.2) is 0 Å². The molecule has 1 aromatic rings. The van der Waals surface area contributed by atoms with Crippen LogP contribution in [-0.2, 0) is 4.74 Å². The minimum Gasteiger partial charge on any atom is -0.497 e.